The van der Waals surface area contributed by atoms with Crippen LogP contribution >= 0.6 is 0 Å². The smallest absolute Gasteiger partial charge is 0.0471 e. The Bertz CT molecular complexity index is 129. The summed E-state index contributed by atoms with van der Waals surface area (Å²) in [6.45, 7) is 2.16. The summed E-state index contributed by atoms with van der Waals surface area (Å²) in [5.41, 5.74) is 0. The quantitative estimate of drug-likeness (QED) is 0.491. The van der Waals surface area contributed by atoms with E-state index in [0.29, 0.717) is 18.4 Å². The molecular weight excluding hydrogens is 100 g/mol. The molecule has 1 rings (SSSR count). The number of aliphatic hydroxyl groups is 1. The van der Waals surface area contributed by atoms with Crippen LogP contribution in [0.2, 0.25) is 0 Å². The molecule has 0 aromatic rings. The van der Waals surface area contributed by atoms with Gasteiger partial charge in [-0.15, -0.1) is 5.92 Å². The number of aliphatic hydroxyl groups excluding tert-OH is 1. The molecule has 0 aromatic heterocycles. The molecule has 0 amide bonds. The van der Waals surface area contributed by atoms with Gasteiger partial charge in [0.2, 0.25) is 0 Å². The summed E-state index contributed by atoms with van der Waals surface area (Å²) >= 11 is 0. The first-order valence-corrected chi connectivity index (χ1v) is 2.91. The van der Waals surface area contributed by atoms with Crippen LogP contribution in [0.4, 0.5) is 0 Å². The van der Waals surface area contributed by atoms with E-state index in [1.165, 1.54) is 0 Å². The predicted molar refractivity (Wildman–Crippen MR) is 32.1 cm³/mol. The first kappa shape index (κ1) is 5.65. The van der Waals surface area contributed by atoms with Crippen LogP contribution in [-0.4, -0.2) is 11.7 Å². The van der Waals surface area contributed by atoms with Crippen molar-refractivity contribution in [2.75, 3.05) is 6.61 Å². The van der Waals surface area contributed by atoms with Crippen molar-refractivity contribution >= 4 is 0 Å². The highest BCUT2D eigenvalue weighted by molar-refractivity contribution is 5.11. The molecule has 1 nitrogen and oxygen atoms in total. The van der Waals surface area contributed by atoms with E-state index < -0.39 is 0 Å². The van der Waals surface area contributed by atoms with Crippen molar-refractivity contribution in [2.24, 2.45) is 11.8 Å². The maximum absolute atomic E-state index is 8.54. The third kappa shape index (κ3) is 1.02. The summed E-state index contributed by atoms with van der Waals surface area (Å²) in [6, 6.07) is 0. The molecule has 44 valence electrons. The van der Waals surface area contributed by atoms with Gasteiger partial charge in [0, 0.05) is 12.5 Å². The van der Waals surface area contributed by atoms with Crippen LogP contribution in [0, 0.1) is 23.7 Å². The summed E-state index contributed by atoms with van der Waals surface area (Å²) in [4.78, 5) is 0. The molecule has 0 radical (unpaired) electrons. The first-order chi connectivity index (χ1) is 3.88. The second-order valence-electron chi connectivity index (χ2n) is 2.18. The van der Waals surface area contributed by atoms with E-state index in [0.717, 1.165) is 6.42 Å². The Hall–Kier alpha value is -0.480. The molecule has 2 atom stereocenters. The summed E-state index contributed by atoms with van der Waals surface area (Å²) in [5, 5.41) is 8.54. The Balaban J connectivity index is 2.23. The fourth-order valence-corrected chi connectivity index (χ4v) is 0.812. The SMILES string of the molecule is CC#CC1CC1CO. The van der Waals surface area contributed by atoms with Gasteiger partial charge in [-0.3, -0.25) is 0 Å². The van der Waals surface area contributed by atoms with E-state index in [4.69, 9.17) is 5.11 Å². The molecule has 2 unspecified atom stereocenters. The van der Waals surface area contributed by atoms with Gasteiger partial charge in [-0.1, -0.05) is 5.92 Å². The Morgan fingerprint density at radius 1 is 1.75 bits per heavy atom. The van der Waals surface area contributed by atoms with Gasteiger partial charge in [0.1, 0.15) is 0 Å². The topological polar surface area (TPSA) is 20.2 Å². The van der Waals surface area contributed by atoms with Gasteiger partial charge >= 0.3 is 0 Å². The van der Waals surface area contributed by atoms with Crippen LogP contribution in [0.15, 0.2) is 0 Å². The fourth-order valence-electron chi connectivity index (χ4n) is 0.812. The molecular formula is C7H10O. The lowest BCUT2D eigenvalue weighted by molar-refractivity contribution is 0.273. The van der Waals surface area contributed by atoms with Gasteiger partial charge in [0.15, 0.2) is 0 Å². The molecule has 1 aliphatic rings. The van der Waals surface area contributed by atoms with Crippen molar-refractivity contribution in [1.82, 2.24) is 0 Å². The summed E-state index contributed by atoms with van der Waals surface area (Å²) in [6.07, 6.45) is 1.11. The van der Waals surface area contributed by atoms with Crippen molar-refractivity contribution in [3.63, 3.8) is 0 Å². The number of rotatable bonds is 1. The Morgan fingerprint density at radius 3 is 2.88 bits per heavy atom. The molecule has 0 aromatic carbocycles. The van der Waals surface area contributed by atoms with Crippen LogP contribution in [0.5, 0.6) is 0 Å². The van der Waals surface area contributed by atoms with E-state index in [9.17, 15) is 0 Å². The van der Waals surface area contributed by atoms with Crippen molar-refractivity contribution in [1.29, 1.82) is 0 Å². The number of hydrogen-bond donors (Lipinski definition) is 1. The molecule has 0 aliphatic heterocycles. The van der Waals surface area contributed by atoms with Gasteiger partial charge in [0.05, 0.1) is 0 Å². The molecule has 0 spiro atoms. The van der Waals surface area contributed by atoms with E-state index >= 15 is 0 Å². The lowest BCUT2D eigenvalue weighted by Gasteiger charge is -1.80. The molecule has 8 heavy (non-hydrogen) atoms. The zero-order valence-corrected chi connectivity index (χ0v) is 5.02. The van der Waals surface area contributed by atoms with Gasteiger partial charge in [-0.05, 0) is 19.3 Å². The zero-order valence-electron chi connectivity index (χ0n) is 5.02. The van der Waals surface area contributed by atoms with Crippen LogP contribution in [0.3, 0.4) is 0 Å². The number of hydrogen-bond acceptors (Lipinski definition) is 1. The second kappa shape index (κ2) is 2.19. The highest BCUT2D eigenvalue weighted by atomic mass is 16.3. The van der Waals surface area contributed by atoms with Crippen LogP contribution in [-0.2, 0) is 0 Å². The molecule has 1 heteroatoms. The Morgan fingerprint density at radius 2 is 2.50 bits per heavy atom. The first-order valence-electron chi connectivity index (χ1n) is 2.91. The van der Waals surface area contributed by atoms with E-state index in [1.54, 1.807) is 0 Å². The molecule has 0 heterocycles. The highest BCUT2D eigenvalue weighted by Gasteiger charge is 2.34. The lowest BCUT2D eigenvalue weighted by atomic mass is 10.3. The van der Waals surface area contributed by atoms with Gasteiger partial charge < -0.3 is 5.11 Å². The average molecular weight is 110 g/mol. The molecule has 0 bridgehead atoms. The van der Waals surface area contributed by atoms with E-state index in [1.807, 2.05) is 6.92 Å². The lowest BCUT2D eigenvalue weighted by Crippen LogP contribution is -1.85. The largest absolute Gasteiger partial charge is 0.396 e. The van der Waals surface area contributed by atoms with E-state index in [-0.39, 0.29) is 0 Å². The van der Waals surface area contributed by atoms with Crippen LogP contribution in [0.1, 0.15) is 13.3 Å². The zero-order chi connectivity index (χ0) is 5.98. The van der Waals surface area contributed by atoms with Gasteiger partial charge in [-0.2, -0.15) is 0 Å². The van der Waals surface area contributed by atoms with Gasteiger partial charge in [0.25, 0.3) is 0 Å². The molecule has 1 N–H and O–H groups in total. The monoisotopic (exact) mass is 110 g/mol. The van der Waals surface area contributed by atoms with Crippen LogP contribution < -0.4 is 0 Å². The van der Waals surface area contributed by atoms with Crippen molar-refractivity contribution in [2.45, 2.75) is 13.3 Å². The maximum Gasteiger partial charge on any atom is 0.0471 e. The molecule has 1 saturated carbocycles. The molecule has 1 aliphatic carbocycles. The minimum Gasteiger partial charge on any atom is -0.396 e. The minimum absolute atomic E-state index is 0.319. The Labute approximate surface area is 49.7 Å². The minimum atomic E-state index is 0.319. The fraction of sp³-hybridized carbons (Fsp3) is 0.714. The van der Waals surface area contributed by atoms with Crippen molar-refractivity contribution < 1.29 is 5.11 Å². The second-order valence-corrected chi connectivity index (χ2v) is 2.18. The third-order valence-electron chi connectivity index (χ3n) is 1.49. The predicted octanol–water partition coefficient (Wildman–Crippen LogP) is 0.638. The summed E-state index contributed by atoms with van der Waals surface area (Å²) in [5.74, 6) is 6.86. The maximum atomic E-state index is 8.54. The van der Waals surface area contributed by atoms with Gasteiger partial charge in [-0.25, -0.2) is 0 Å². The summed E-state index contributed by atoms with van der Waals surface area (Å²) < 4.78 is 0. The average Bonchev–Trinajstić information content (AvgIpc) is 2.48. The Kier molecular flexibility index (Phi) is 1.55. The van der Waals surface area contributed by atoms with E-state index in [2.05, 4.69) is 11.8 Å². The molecule has 1 fully saturated rings. The van der Waals surface area contributed by atoms with Crippen molar-refractivity contribution in [3.05, 3.63) is 0 Å². The molecule has 0 saturated heterocycles. The standard InChI is InChI=1S/C7H10O/c1-2-3-6-4-7(6)5-8/h6-8H,4-5H2,1H3. The normalized spacial score (nSPS) is 33.2. The highest BCUT2D eigenvalue weighted by Crippen LogP contribution is 2.36. The summed E-state index contributed by atoms with van der Waals surface area (Å²) in [7, 11) is 0. The van der Waals surface area contributed by atoms with Crippen molar-refractivity contribution in [3.8, 4) is 11.8 Å². The third-order valence-corrected chi connectivity index (χ3v) is 1.49. The van der Waals surface area contributed by atoms with Crippen LogP contribution in [0.25, 0.3) is 0 Å².